The summed E-state index contributed by atoms with van der Waals surface area (Å²) in [5.41, 5.74) is 5.07. The number of aromatic nitrogens is 3. The molecule has 3 aromatic heterocycles. The molecule has 0 bridgehead atoms. The number of esters is 1. The van der Waals surface area contributed by atoms with Gasteiger partial charge in [0.15, 0.2) is 0 Å². The second kappa shape index (κ2) is 8.96. The minimum absolute atomic E-state index is 0.180. The van der Waals surface area contributed by atoms with Gasteiger partial charge in [0.05, 0.1) is 22.6 Å². The van der Waals surface area contributed by atoms with Crippen molar-refractivity contribution in [2.24, 2.45) is 0 Å². The van der Waals surface area contributed by atoms with Gasteiger partial charge in [-0.1, -0.05) is 45.4 Å². The molecule has 0 aromatic carbocycles. The Bertz CT molecular complexity index is 1050. The van der Waals surface area contributed by atoms with Gasteiger partial charge in [0.1, 0.15) is 16.2 Å². The van der Waals surface area contributed by atoms with Crippen molar-refractivity contribution < 1.29 is 9.53 Å². The van der Waals surface area contributed by atoms with Gasteiger partial charge in [-0.05, 0) is 42.7 Å². The van der Waals surface area contributed by atoms with Crippen molar-refractivity contribution in [2.45, 2.75) is 70.2 Å². The topological polar surface area (TPSA) is 65.0 Å². The van der Waals surface area contributed by atoms with Gasteiger partial charge in [0.25, 0.3) is 0 Å². The molecule has 154 valence electrons. The van der Waals surface area contributed by atoms with Gasteiger partial charge in [-0.3, -0.25) is 4.79 Å². The van der Waals surface area contributed by atoms with Crippen LogP contribution in [0.5, 0.6) is 0 Å². The van der Waals surface area contributed by atoms with Crippen LogP contribution in [0.15, 0.2) is 11.4 Å². The van der Waals surface area contributed by atoms with Crippen LogP contribution in [0, 0.1) is 0 Å². The predicted octanol–water partition coefficient (Wildman–Crippen LogP) is 5.68. The monoisotopic (exact) mass is 429 g/mol. The van der Waals surface area contributed by atoms with Gasteiger partial charge in [-0.2, -0.15) is 0 Å². The number of carbonyl (C=O) groups is 1. The van der Waals surface area contributed by atoms with Crippen LogP contribution in [0.4, 0.5) is 0 Å². The van der Waals surface area contributed by atoms with Gasteiger partial charge in [-0.25, -0.2) is 15.0 Å². The molecule has 4 rings (SSSR count). The first-order valence-electron chi connectivity index (χ1n) is 10.5. The van der Waals surface area contributed by atoms with Crippen molar-refractivity contribution in [3.8, 4) is 0 Å². The van der Waals surface area contributed by atoms with Crippen LogP contribution in [0.25, 0.3) is 20.4 Å². The van der Waals surface area contributed by atoms with E-state index < -0.39 is 0 Å². The smallest absolute Gasteiger partial charge is 0.316 e. The van der Waals surface area contributed by atoms with E-state index in [1.54, 1.807) is 17.7 Å². The standard InChI is InChI=1S/C22H27N3O2S2/c1-4-5-6-10-27-16(26)11-28-22-20-19(23-12-24-22)17-14-8-7-9-15(14)18(13(2)3)25-21(17)29-20/h12-13H,4-11H2,1-3H3. The van der Waals surface area contributed by atoms with Gasteiger partial charge >= 0.3 is 5.97 Å². The Morgan fingerprint density at radius 2 is 2.07 bits per heavy atom. The zero-order valence-electron chi connectivity index (χ0n) is 17.3. The quantitative estimate of drug-likeness (QED) is 0.199. The van der Waals surface area contributed by atoms with Crippen LogP contribution in [-0.4, -0.2) is 33.3 Å². The van der Waals surface area contributed by atoms with Crippen molar-refractivity contribution in [3.05, 3.63) is 23.1 Å². The average Bonchev–Trinajstić information content (AvgIpc) is 3.33. The van der Waals surface area contributed by atoms with E-state index in [2.05, 4.69) is 30.7 Å². The highest BCUT2D eigenvalue weighted by molar-refractivity contribution is 8.00. The van der Waals surface area contributed by atoms with E-state index in [1.165, 1.54) is 40.4 Å². The molecule has 3 heterocycles. The Labute approximate surface area is 179 Å². The van der Waals surface area contributed by atoms with E-state index in [1.807, 2.05) is 0 Å². The summed E-state index contributed by atoms with van der Waals surface area (Å²) in [7, 11) is 0. The summed E-state index contributed by atoms with van der Waals surface area (Å²) in [5.74, 6) is 0.508. The number of thiophene rings is 1. The minimum Gasteiger partial charge on any atom is -0.465 e. The maximum atomic E-state index is 12.1. The Morgan fingerprint density at radius 3 is 2.86 bits per heavy atom. The SMILES string of the molecule is CCCCCOC(=O)CSc1ncnc2c1sc1nc(C(C)C)c3c(c12)CCC3. The normalized spacial score (nSPS) is 13.5. The van der Waals surface area contributed by atoms with Crippen LogP contribution in [0.1, 0.15) is 69.2 Å². The van der Waals surface area contributed by atoms with Crippen LogP contribution < -0.4 is 0 Å². The number of aryl methyl sites for hydroxylation is 1. The van der Waals surface area contributed by atoms with Crippen LogP contribution in [-0.2, 0) is 22.4 Å². The maximum absolute atomic E-state index is 12.1. The number of hydrogen-bond acceptors (Lipinski definition) is 7. The minimum atomic E-state index is -0.180. The van der Waals surface area contributed by atoms with Crippen molar-refractivity contribution in [3.63, 3.8) is 0 Å². The van der Waals surface area contributed by atoms with E-state index in [-0.39, 0.29) is 11.7 Å². The second-order valence-electron chi connectivity index (χ2n) is 7.82. The van der Waals surface area contributed by atoms with Gasteiger partial charge in [0.2, 0.25) is 0 Å². The Kier molecular flexibility index (Phi) is 6.35. The molecule has 3 aromatic rings. The van der Waals surface area contributed by atoms with E-state index in [9.17, 15) is 4.79 Å². The first-order chi connectivity index (χ1) is 14.1. The zero-order chi connectivity index (χ0) is 20.4. The fourth-order valence-electron chi connectivity index (χ4n) is 3.99. The lowest BCUT2D eigenvalue weighted by Crippen LogP contribution is -2.08. The number of nitrogens with zero attached hydrogens (tertiary/aromatic N) is 3. The number of pyridine rings is 1. The summed E-state index contributed by atoms with van der Waals surface area (Å²) < 4.78 is 6.36. The molecule has 0 saturated heterocycles. The summed E-state index contributed by atoms with van der Waals surface area (Å²) in [5, 5.41) is 2.05. The number of thioether (sulfide) groups is 1. The molecule has 0 spiro atoms. The molecule has 7 heteroatoms. The highest BCUT2D eigenvalue weighted by Crippen LogP contribution is 2.42. The summed E-state index contributed by atoms with van der Waals surface area (Å²) in [6, 6.07) is 0. The Morgan fingerprint density at radius 1 is 1.24 bits per heavy atom. The van der Waals surface area contributed by atoms with Crippen LogP contribution in [0.2, 0.25) is 0 Å². The molecule has 1 aliphatic rings. The van der Waals surface area contributed by atoms with Crippen LogP contribution >= 0.6 is 23.1 Å². The molecule has 1 aliphatic carbocycles. The highest BCUT2D eigenvalue weighted by atomic mass is 32.2. The number of hydrogen-bond donors (Lipinski definition) is 0. The third-order valence-electron chi connectivity index (χ3n) is 5.36. The fraction of sp³-hybridized carbons (Fsp3) is 0.545. The third-order valence-corrected chi connectivity index (χ3v) is 7.53. The molecular formula is C22H27N3O2S2. The zero-order valence-corrected chi connectivity index (χ0v) is 18.9. The first-order valence-corrected chi connectivity index (χ1v) is 12.3. The predicted molar refractivity (Wildman–Crippen MR) is 120 cm³/mol. The van der Waals surface area contributed by atoms with Crippen molar-refractivity contribution in [1.29, 1.82) is 0 Å². The van der Waals surface area contributed by atoms with E-state index in [4.69, 9.17) is 9.72 Å². The molecule has 0 saturated carbocycles. The third kappa shape index (κ3) is 4.12. The molecule has 0 amide bonds. The lowest BCUT2D eigenvalue weighted by Gasteiger charge is -2.11. The summed E-state index contributed by atoms with van der Waals surface area (Å²) in [4.78, 5) is 27.2. The number of rotatable bonds is 8. The van der Waals surface area contributed by atoms with Gasteiger partial charge in [0, 0.05) is 11.1 Å². The molecule has 0 radical (unpaired) electrons. The molecule has 0 aliphatic heterocycles. The number of carbonyl (C=O) groups excluding carboxylic acids is 1. The van der Waals surface area contributed by atoms with Crippen LogP contribution in [0.3, 0.4) is 0 Å². The Balaban J connectivity index is 1.63. The van der Waals surface area contributed by atoms with E-state index in [0.29, 0.717) is 12.5 Å². The number of ether oxygens (including phenoxy) is 1. The molecule has 0 atom stereocenters. The molecule has 0 N–H and O–H groups in total. The van der Waals surface area contributed by atoms with Crippen molar-refractivity contribution in [2.75, 3.05) is 12.4 Å². The summed E-state index contributed by atoms with van der Waals surface area (Å²) >= 11 is 3.09. The first kappa shape index (κ1) is 20.5. The Hall–Kier alpha value is -1.73. The fourth-order valence-corrected chi connectivity index (χ4v) is 6.03. The highest BCUT2D eigenvalue weighted by Gasteiger charge is 2.25. The molecular weight excluding hydrogens is 402 g/mol. The lowest BCUT2D eigenvalue weighted by atomic mass is 9.99. The lowest BCUT2D eigenvalue weighted by molar-refractivity contribution is -0.140. The van der Waals surface area contributed by atoms with Crippen molar-refractivity contribution in [1.82, 2.24) is 15.0 Å². The largest absolute Gasteiger partial charge is 0.465 e. The molecule has 0 fully saturated rings. The van der Waals surface area contributed by atoms with E-state index >= 15 is 0 Å². The molecule has 0 unspecified atom stereocenters. The van der Waals surface area contributed by atoms with Crippen molar-refractivity contribution >= 4 is 49.5 Å². The van der Waals surface area contributed by atoms with Gasteiger partial charge < -0.3 is 4.74 Å². The molecule has 29 heavy (non-hydrogen) atoms. The van der Waals surface area contributed by atoms with Gasteiger partial charge in [-0.15, -0.1) is 11.3 Å². The summed E-state index contributed by atoms with van der Waals surface area (Å²) in [6.45, 7) is 7.07. The summed E-state index contributed by atoms with van der Waals surface area (Å²) in [6.07, 6.45) is 8.13. The van der Waals surface area contributed by atoms with E-state index in [0.717, 1.165) is 52.2 Å². The maximum Gasteiger partial charge on any atom is 0.316 e. The second-order valence-corrected chi connectivity index (χ2v) is 9.78. The number of unbranched alkanes of at least 4 members (excludes halogenated alkanes) is 2. The average molecular weight is 430 g/mol. The molecule has 5 nitrogen and oxygen atoms in total. The number of fused-ring (bicyclic) bond motifs is 5.